The Balaban J connectivity index is 2.07. The van der Waals surface area contributed by atoms with E-state index >= 15 is 0 Å². The van der Waals surface area contributed by atoms with Crippen molar-refractivity contribution in [1.29, 1.82) is 0 Å². The zero-order valence-corrected chi connectivity index (χ0v) is 14.6. The zero-order chi connectivity index (χ0) is 15.7. The lowest BCUT2D eigenvalue weighted by Crippen LogP contribution is -2.56. The molecule has 0 aliphatic heterocycles. The topological polar surface area (TPSA) is 55.1 Å². The number of nitrogens with two attached hydrogens (primary N) is 1. The highest BCUT2D eigenvalue weighted by atomic mass is 32.1. The summed E-state index contributed by atoms with van der Waals surface area (Å²) in [6, 6.07) is 0. The Morgan fingerprint density at radius 1 is 1.14 bits per heavy atom. The van der Waals surface area contributed by atoms with Crippen LogP contribution in [0.3, 0.4) is 0 Å². The van der Waals surface area contributed by atoms with Gasteiger partial charge in [-0.1, -0.05) is 71.0 Å². The SMILES string of the molecule is CCCCCCCCCCNC(=O)C1(C(N)=S)CC(C)C1. The van der Waals surface area contributed by atoms with Crippen LogP contribution in [-0.4, -0.2) is 17.4 Å². The van der Waals surface area contributed by atoms with Gasteiger partial charge in [-0.3, -0.25) is 4.79 Å². The van der Waals surface area contributed by atoms with Gasteiger partial charge >= 0.3 is 0 Å². The number of thiocarbonyl (C=S) groups is 1. The van der Waals surface area contributed by atoms with E-state index in [-0.39, 0.29) is 5.91 Å². The van der Waals surface area contributed by atoms with E-state index in [1.54, 1.807) is 0 Å². The van der Waals surface area contributed by atoms with Gasteiger partial charge in [-0.2, -0.15) is 0 Å². The Labute approximate surface area is 135 Å². The van der Waals surface area contributed by atoms with Crippen molar-refractivity contribution in [3.63, 3.8) is 0 Å². The molecule has 0 saturated heterocycles. The van der Waals surface area contributed by atoms with Crippen molar-refractivity contribution in [2.75, 3.05) is 6.54 Å². The van der Waals surface area contributed by atoms with Crippen LogP contribution in [0.25, 0.3) is 0 Å². The summed E-state index contributed by atoms with van der Waals surface area (Å²) in [5, 5.41) is 3.03. The van der Waals surface area contributed by atoms with Crippen molar-refractivity contribution in [2.24, 2.45) is 17.1 Å². The highest BCUT2D eigenvalue weighted by molar-refractivity contribution is 7.80. The van der Waals surface area contributed by atoms with E-state index in [0.29, 0.717) is 10.9 Å². The Kier molecular flexibility index (Phi) is 8.23. The Bertz CT molecular complexity index is 338. The monoisotopic (exact) mass is 312 g/mol. The molecule has 0 radical (unpaired) electrons. The average molecular weight is 313 g/mol. The quantitative estimate of drug-likeness (QED) is 0.449. The van der Waals surface area contributed by atoms with Crippen molar-refractivity contribution in [1.82, 2.24) is 5.32 Å². The van der Waals surface area contributed by atoms with Gasteiger partial charge in [0.1, 0.15) is 0 Å². The first-order valence-electron chi connectivity index (χ1n) is 8.61. The van der Waals surface area contributed by atoms with Crippen LogP contribution in [0.2, 0.25) is 0 Å². The van der Waals surface area contributed by atoms with Gasteiger partial charge in [0.2, 0.25) is 5.91 Å². The molecule has 1 rings (SSSR count). The fourth-order valence-corrected chi connectivity index (χ4v) is 3.52. The standard InChI is InChI=1S/C17H32N2OS/c1-3-4-5-6-7-8-9-10-11-19-16(20)17(15(18)21)12-14(2)13-17/h14H,3-13H2,1-2H3,(H2,18,21)(H,19,20). The predicted molar refractivity (Wildman–Crippen MR) is 93.2 cm³/mol. The molecule has 0 spiro atoms. The van der Waals surface area contributed by atoms with Crippen LogP contribution in [0.15, 0.2) is 0 Å². The van der Waals surface area contributed by atoms with Crippen LogP contribution < -0.4 is 11.1 Å². The van der Waals surface area contributed by atoms with Crippen molar-refractivity contribution < 1.29 is 4.79 Å². The smallest absolute Gasteiger partial charge is 0.233 e. The zero-order valence-electron chi connectivity index (χ0n) is 13.7. The van der Waals surface area contributed by atoms with Crippen LogP contribution in [0.1, 0.15) is 78.1 Å². The minimum atomic E-state index is -0.547. The first-order valence-corrected chi connectivity index (χ1v) is 9.02. The van der Waals surface area contributed by atoms with E-state index < -0.39 is 5.41 Å². The average Bonchev–Trinajstić information content (AvgIpc) is 2.41. The second kappa shape index (κ2) is 9.39. The molecule has 1 saturated carbocycles. The maximum absolute atomic E-state index is 12.3. The van der Waals surface area contributed by atoms with E-state index in [4.69, 9.17) is 18.0 Å². The third-order valence-corrected chi connectivity index (χ3v) is 5.01. The molecule has 3 nitrogen and oxygen atoms in total. The molecule has 0 aromatic carbocycles. The predicted octanol–water partition coefficient (Wildman–Crippen LogP) is 3.95. The van der Waals surface area contributed by atoms with Crippen LogP contribution in [0, 0.1) is 11.3 Å². The second-order valence-electron chi connectivity index (χ2n) is 6.69. The molecule has 0 aromatic heterocycles. The molecule has 0 atom stereocenters. The van der Waals surface area contributed by atoms with Crippen LogP contribution in [0.4, 0.5) is 0 Å². The van der Waals surface area contributed by atoms with E-state index in [1.165, 1.54) is 44.9 Å². The van der Waals surface area contributed by atoms with Crippen molar-refractivity contribution >= 4 is 23.1 Å². The molecule has 1 aliphatic rings. The maximum atomic E-state index is 12.3. The number of carbonyl (C=O) groups excluding carboxylic acids is 1. The molecule has 4 heteroatoms. The van der Waals surface area contributed by atoms with Crippen LogP contribution >= 0.6 is 12.2 Å². The summed E-state index contributed by atoms with van der Waals surface area (Å²) in [6.07, 6.45) is 11.8. The highest BCUT2D eigenvalue weighted by Crippen LogP contribution is 2.45. The van der Waals surface area contributed by atoms with Crippen molar-refractivity contribution in [3.8, 4) is 0 Å². The number of amides is 1. The third-order valence-electron chi connectivity index (χ3n) is 4.62. The molecular weight excluding hydrogens is 280 g/mol. The fraction of sp³-hybridized carbons (Fsp3) is 0.882. The van der Waals surface area contributed by atoms with Crippen molar-refractivity contribution in [3.05, 3.63) is 0 Å². The number of rotatable bonds is 11. The normalized spacial score (nSPS) is 24.4. The number of carbonyl (C=O) groups is 1. The summed E-state index contributed by atoms with van der Waals surface area (Å²) >= 11 is 5.10. The summed E-state index contributed by atoms with van der Waals surface area (Å²) in [4.78, 5) is 12.6. The van der Waals surface area contributed by atoms with Crippen LogP contribution in [-0.2, 0) is 4.79 Å². The number of hydrogen-bond donors (Lipinski definition) is 2. The summed E-state index contributed by atoms with van der Waals surface area (Å²) in [5.41, 5.74) is 5.23. The molecule has 0 bridgehead atoms. The Morgan fingerprint density at radius 3 is 2.14 bits per heavy atom. The van der Waals surface area contributed by atoms with Gasteiger partial charge in [-0.05, 0) is 25.2 Å². The molecule has 3 N–H and O–H groups in total. The summed E-state index contributed by atoms with van der Waals surface area (Å²) in [5.74, 6) is 0.608. The van der Waals surface area contributed by atoms with Crippen LogP contribution in [0.5, 0.6) is 0 Å². The number of hydrogen-bond acceptors (Lipinski definition) is 2. The Hall–Kier alpha value is -0.640. The minimum absolute atomic E-state index is 0.0519. The molecule has 1 fully saturated rings. The lowest BCUT2D eigenvalue weighted by Gasteiger charge is -2.44. The van der Waals surface area contributed by atoms with Gasteiger partial charge in [0, 0.05) is 6.54 Å². The van der Waals surface area contributed by atoms with Gasteiger partial charge in [0.15, 0.2) is 0 Å². The molecule has 122 valence electrons. The number of nitrogens with one attached hydrogen (secondary N) is 1. The molecule has 0 heterocycles. The summed E-state index contributed by atoms with van der Waals surface area (Å²) in [7, 11) is 0. The highest BCUT2D eigenvalue weighted by Gasteiger charge is 2.50. The number of unbranched alkanes of at least 4 members (excludes halogenated alkanes) is 7. The van der Waals surface area contributed by atoms with E-state index in [9.17, 15) is 4.79 Å². The summed E-state index contributed by atoms with van der Waals surface area (Å²) in [6.45, 7) is 5.14. The molecule has 1 amide bonds. The third kappa shape index (κ3) is 5.57. The van der Waals surface area contributed by atoms with Crippen molar-refractivity contribution in [2.45, 2.75) is 78.1 Å². The Morgan fingerprint density at radius 2 is 1.67 bits per heavy atom. The van der Waals surface area contributed by atoms with E-state index in [2.05, 4.69) is 19.2 Å². The molecular formula is C17H32N2OS. The largest absolute Gasteiger partial charge is 0.392 e. The summed E-state index contributed by atoms with van der Waals surface area (Å²) < 4.78 is 0. The first-order chi connectivity index (χ1) is 10.0. The molecule has 21 heavy (non-hydrogen) atoms. The second-order valence-corrected chi connectivity index (χ2v) is 7.13. The first kappa shape index (κ1) is 18.4. The van der Waals surface area contributed by atoms with E-state index in [0.717, 1.165) is 25.8 Å². The molecule has 0 unspecified atom stereocenters. The van der Waals surface area contributed by atoms with Gasteiger partial charge in [-0.25, -0.2) is 0 Å². The lowest BCUT2D eigenvalue weighted by atomic mass is 9.62. The molecule has 0 aromatic rings. The lowest BCUT2D eigenvalue weighted by molar-refractivity contribution is -0.132. The van der Waals surface area contributed by atoms with Gasteiger partial charge < -0.3 is 11.1 Å². The maximum Gasteiger partial charge on any atom is 0.233 e. The van der Waals surface area contributed by atoms with Gasteiger partial charge in [0.05, 0.1) is 10.4 Å². The minimum Gasteiger partial charge on any atom is -0.392 e. The molecule has 1 aliphatic carbocycles. The van der Waals surface area contributed by atoms with E-state index in [1.807, 2.05) is 0 Å². The van der Waals surface area contributed by atoms with Gasteiger partial charge in [-0.15, -0.1) is 0 Å². The fourth-order valence-electron chi connectivity index (χ4n) is 3.26. The van der Waals surface area contributed by atoms with Gasteiger partial charge in [0.25, 0.3) is 0 Å².